The van der Waals surface area contributed by atoms with Gasteiger partial charge < -0.3 is 24.0 Å². The Hall–Kier alpha value is -3.25. The van der Waals surface area contributed by atoms with E-state index in [0.29, 0.717) is 36.8 Å². The van der Waals surface area contributed by atoms with Gasteiger partial charge in [0.2, 0.25) is 5.91 Å². The molecule has 3 atom stereocenters. The first-order chi connectivity index (χ1) is 20.6. The van der Waals surface area contributed by atoms with Gasteiger partial charge in [-0.15, -0.1) is 0 Å². The number of esters is 2. The van der Waals surface area contributed by atoms with E-state index in [2.05, 4.69) is 4.90 Å². The van der Waals surface area contributed by atoms with Crippen LogP contribution in [0.2, 0.25) is 10.0 Å². The highest BCUT2D eigenvalue weighted by Gasteiger charge is 2.46. The molecule has 4 rings (SSSR count). The van der Waals surface area contributed by atoms with Crippen molar-refractivity contribution >= 4 is 57.6 Å². The predicted octanol–water partition coefficient (Wildman–Crippen LogP) is 3.73. The van der Waals surface area contributed by atoms with Crippen LogP contribution in [0.3, 0.4) is 0 Å². The van der Waals surface area contributed by atoms with Gasteiger partial charge in [0.05, 0.1) is 55.6 Å². The van der Waals surface area contributed by atoms with E-state index in [4.69, 9.17) is 42.4 Å². The molecule has 43 heavy (non-hydrogen) atoms. The average molecular weight is 651 g/mol. The molecule has 3 unspecified atom stereocenters. The number of benzene rings is 2. The van der Waals surface area contributed by atoms with E-state index in [1.807, 2.05) is 7.05 Å². The molecular weight excluding hydrogens is 617 g/mol. The van der Waals surface area contributed by atoms with Crippen molar-refractivity contribution in [3.05, 3.63) is 69.3 Å². The van der Waals surface area contributed by atoms with Crippen molar-refractivity contribution in [2.45, 2.75) is 17.2 Å². The molecule has 1 fully saturated rings. The second-order valence-electron chi connectivity index (χ2n) is 10.1. The smallest absolute Gasteiger partial charge is 0.336 e. The summed E-state index contributed by atoms with van der Waals surface area (Å²) in [7, 11) is 4.23. The molecule has 0 aliphatic carbocycles. The van der Waals surface area contributed by atoms with Crippen LogP contribution in [0, 0.1) is 5.92 Å². The van der Waals surface area contributed by atoms with Crippen LogP contribution in [-0.4, -0.2) is 97.9 Å². The second kappa shape index (κ2) is 14.5. The van der Waals surface area contributed by atoms with E-state index < -0.39 is 34.6 Å². The summed E-state index contributed by atoms with van der Waals surface area (Å²) >= 11 is 13.3. The van der Waals surface area contributed by atoms with Crippen LogP contribution in [0.4, 0.5) is 0 Å². The Morgan fingerprint density at radius 1 is 0.953 bits per heavy atom. The number of carbonyl (C=O) groups is 3. The third-order valence-corrected chi connectivity index (χ3v) is 9.54. The van der Waals surface area contributed by atoms with Crippen molar-refractivity contribution in [1.29, 1.82) is 0 Å². The van der Waals surface area contributed by atoms with E-state index in [-0.39, 0.29) is 50.7 Å². The fraction of sp³-hybridized carbons (Fsp3) is 0.400. The molecule has 230 valence electrons. The maximum absolute atomic E-state index is 13.6. The van der Waals surface area contributed by atoms with Gasteiger partial charge in [-0.2, -0.15) is 0 Å². The lowest BCUT2D eigenvalue weighted by atomic mass is 9.74. The largest absolute Gasteiger partial charge is 0.497 e. The van der Waals surface area contributed by atoms with Crippen molar-refractivity contribution in [1.82, 2.24) is 9.80 Å². The molecule has 2 aliphatic heterocycles. The molecule has 2 aromatic rings. The van der Waals surface area contributed by atoms with Gasteiger partial charge in [-0.1, -0.05) is 29.3 Å². The molecule has 0 saturated carbocycles. The standard InChI is InChI=1S/C30H33Cl2N3O7S/c1-34-12-14-35(15-13-34)24(36)16-22-26(29(37)41-3)28(25-20(31)6-5-7-21(25)32)27(30(38)42-4)23(33-22)17-43(39)19-10-8-18(40-2)9-11-19/h5-11,26,28H,12-17H2,1-4H3. The summed E-state index contributed by atoms with van der Waals surface area (Å²) in [6, 6.07) is 11.5. The number of amides is 1. The number of nitrogens with zero attached hydrogens (tertiary/aromatic N) is 3. The summed E-state index contributed by atoms with van der Waals surface area (Å²) in [4.78, 5) is 49.5. The van der Waals surface area contributed by atoms with E-state index in [0.717, 1.165) is 0 Å². The fourth-order valence-corrected chi connectivity index (χ4v) is 6.94. The number of hydrogen-bond acceptors (Lipinski definition) is 9. The summed E-state index contributed by atoms with van der Waals surface area (Å²) in [6.07, 6.45) is -0.227. The molecule has 0 spiro atoms. The monoisotopic (exact) mass is 649 g/mol. The van der Waals surface area contributed by atoms with Crippen molar-refractivity contribution in [2.24, 2.45) is 10.9 Å². The van der Waals surface area contributed by atoms with Gasteiger partial charge in [0.15, 0.2) is 0 Å². The van der Waals surface area contributed by atoms with Crippen LogP contribution < -0.4 is 4.74 Å². The zero-order valence-corrected chi connectivity index (χ0v) is 26.6. The molecule has 1 saturated heterocycles. The lowest BCUT2D eigenvalue weighted by Crippen LogP contribution is -2.48. The summed E-state index contributed by atoms with van der Waals surface area (Å²) in [5, 5.41) is 0.380. The van der Waals surface area contributed by atoms with Crippen LogP contribution in [-0.2, 0) is 34.7 Å². The molecule has 2 aromatic carbocycles. The van der Waals surface area contributed by atoms with E-state index >= 15 is 0 Å². The second-order valence-corrected chi connectivity index (χ2v) is 12.4. The van der Waals surface area contributed by atoms with Crippen molar-refractivity contribution < 1.29 is 32.8 Å². The Bertz CT molecular complexity index is 1450. The molecule has 2 aliphatic rings. The highest BCUT2D eigenvalue weighted by molar-refractivity contribution is 7.85. The minimum Gasteiger partial charge on any atom is -0.497 e. The third kappa shape index (κ3) is 7.29. The summed E-state index contributed by atoms with van der Waals surface area (Å²) in [6.45, 7) is 2.44. The van der Waals surface area contributed by atoms with Crippen LogP contribution >= 0.6 is 23.2 Å². The van der Waals surface area contributed by atoms with Crippen LogP contribution in [0.1, 0.15) is 17.9 Å². The van der Waals surface area contributed by atoms with Crippen LogP contribution in [0.25, 0.3) is 0 Å². The van der Waals surface area contributed by atoms with Gasteiger partial charge in [-0.05, 0) is 49.0 Å². The molecule has 0 bridgehead atoms. The zero-order valence-electron chi connectivity index (χ0n) is 24.3. The molecule has 0 radical (unpaired) electrons. The predicted molar refractivity (Wildman–Crippen MR) is 164 cm³/mol. The van der Waals surface area contributed by atoms with Gasteiger partial charge in [0, 0.05) is 52.7 Å². The van der Waals surface area contributed by atoms with Gasteiger partial charge in [0.1, 0.15) is 11.7 Å². The third-order valence-electron chi connectivity index (χ3n) is 7.54. The summed E-state index contributed by atoms with van der Waals surface area (Å²) < 4.78 is 29.1. The molecule has 0 N–H and O–H groups in total. The first-order valence-corrected chi connectivity index (χ1v) is 15.6. The van der Waals surface area contributed by atoms with Crippen LogP contribution in [0.5, 0.6) is 5.75 Å². The Morgan fingerprint density at radius 3 is 2.14 bits per heavy atom. The minimum absolute atomic E-state index is 0.0365. The fourth-order valence-electron chi connectivity index (χ4n) is 5.23. The molecule has 0 aromatic heterocycles. The number of aliphatic imine (C=N–C) groups is 1. The quantitative estimate of drug-likeness (QED) is 0.378. The van der Waals surface area contributed by atoms with Gasteiger partial charge in [0.25, 0.3) is 0 Å². The normalized spacial score (nSPS) is 19.9. The maximum atomic E-state index is 13.6. The van der Waals surface area contributed by atoms with Crippen molar-refractivity contribution in [3.63, 3.8) is 0 Å². The Kier molecular flexibility index (Phi) is 11.0. The SMILES string of the molecule is COC(=O)C1=C(CS(=O)c2ccc(OC)cc2)N=C(CC(=O)N2CCN(C)CC2)C(C(=O)OC)C1c1c(Cl)cccc1Cl. The summed E-state index contributed by atoms with van der Waals surface area (Å²) in [5.41, 5.74) is 0.494. The number of methoxy groups -OCH3 is 3. The van der Waals surface area contributed by atoms with Gasteiger partial charge in [-0.25, -0.2) is 4.79 Å². The number of carbonyl (C=O) groups excluding carboxylic acids is 3. The number of likely N-dealkylation sites (N-methyl/N-ethyl adjacent to an activating group) is 1. The Balaban J connectivity index is 1.89. The van der Waals surface area contributed by atoms with E-state index in [9.17, 15) is 18.6 Å². The van der Waals surface area contributed by atoms with E-state index in [1.54, 1.807) is 47.4 Å². The number of halogens is 2. The van der Waals surface area contributed by atoms with Crippen LogP contribution in [0.15, 0.2) is 63.6 Å². The average Bonchev–Trinajstić information content (AvgIpc) is 3.00. The lowest BCUT2D eigenvalue weighted by Gasteiger charge is -2.35. The lowest BCUT2D eigenvalue weighted by molar-refractivity contribution is -0.143. The maximum Gasteiger partial charge on any atom is 0.336 e. The molecule has 13 heteroatoms. The Labute approximate surface area is 263 Å². The zero-order chi connectivity index (χ0) is 31.3. The molecule has 1 amide bonds. The number of rotatable bonds is 9. The number of hydrogen-bond donors (Lipinski definition) is 0. The topological polar surface area (TPSA) is 115 Å². The molecule has 10 nitrogen and oxygen atoms in total. The van der Waals surface area contributed by atoms with Crippen molar-refractivity contribution in [3.8, 4) is 5.75 Å². The van der Waals surface area contributed by atoms with Gasteiger partial charge >= 0.3 is 11.9 Å². The minimum atomic E-state index is -1.68. The number of ether oxygens (including phenoxy) is 3. The molecular formula is C30H33Cl2N3O7S. The first kappa shape index (κ1) is 32.7. The highest BCUT2D eigenvalue weighted by Crippen LogP contribution is 2.46. The number of piperazine rings is 1. The van der Waals surface area contributed by atoms with E-state index in [1.165, 1.54) is 21.3 Å². The Morgan fingerprint density at radius 2 is 1.58 bits per heavy atom. The highest BCUT2D eigenvalue weighted by atomic mass is 35.5. The molecule has 2 heterocycles. The van der Waals surface area contributed by atoms with Crippen molar-refractivity contribution in [2.75, 3.05) is 60.3 Å². The van der Waals surface area contributed by atoms with Gasteiger partial charge in [-0.3, -0.25) is 18.8 Å². The first-order valence-electron chi connectivity index (χ1n) is 13.5. The summed E-state index contributed by atoms with van der Waals surface area (Å²) in [5.74, 6) is -3.75.